The molecule has 0 fully saturated rings. The first-order valence-corrected chi connectivity index (χ1v) is 4.83. The molecule has 0 atom stereocenters. The van der Waals surface area contributed by atoms with Crippen LogP contribution in [0.4, 0.5) is 0 Å². The quantitative estimate of drug-likeness (QED) is 0.162. The van der Waals surface area contributed by atoms with E-state index in [0.717, 1.165) is 0 Å². The van der Waals surface area contributed by atoms with Crippen LogP contribution >= 0.6 is 15.6 Å². The molecule has 9 N–H and O–H groups in total. The summed E-state index contributed by atoms with van der Waals surface area (Å²) in [6.45, 7) is 0. The lowest BCUT2D eigenvalue weighted by Gasteiger charge is -1.90. The van der Waals surface area contributed by atoms with Crippen LogP contribution in [0.3, 0.4) is 0 Å². The third kappa shape index (κ3) is 85.9. The molecule has 0 heterocycles. The number of hydrogen-bond acceptors (Lipinski definition) is 5. The molecule has 0 aromatic carbocycles. The van der Waals surface area contributed by atoms with Crippen LogP contribution in [-0.2, 0) is 13.8 Å². The zero-order chi connectivity index (χ0) is 9.71. The monoisotopic (exact) mass is 229 g/mol. The molecule has 0 unspecified atom stereocenters. The summed E-state index contributed by atoms with van der Waals surface area (Å²) in [5, 5.41) is 7.14. The second-order valence-corrected chi connectivity index (χ2v) is 3.26. The van der Waals surface area contributed by atoms with Crippen LogP contribution in [-0.4, -0.2) is 29.7 Å². The van der Waals surface area contributed by atoms with Gasteiger partial charge in [0.05, 0.1) is 0 Å². The molecular formula is H9NO9P2. The highest BCUT2D eigenvalue weighted by Crippen LogP contribution is 2.33. The minimum atomic E-state index is -4.64. The van der Waals surface area contributed by atoms with E-state index in [1.807, 2.05) is 0 Å². The summed E-state index contributed by atoms with van der Waals surface area (Å²) >= 11 is 0. The number of rotatable bonds is 1. The summed E-state index contributed by atoms with van der Waals surface area (Å²) in [6, 6.07) is 0. The third-order valence-electron chi connectivity index (χ3n) is 0.106. The second kappa shape index (κ2) is 6.63. The van der Waals surface area contributed by atoms with E-state index in [9.17, 15) is 4.57 Å². The SMILES string of the molecule is N.O=P(O)(O)O.O=P(O)(O)OO. The largest absolute Gasteiger partial charge is 0.496 e. The van der Waals surface area contributed by atoms with E-state index in [-0.39, 0.29) is 6.15 Å². The molecule has 0 aliphatic heterocycles. The van der Waals surface area contributed by atoms with Crippen LogP contribution in [0, 0.1) is 0 Å². The molecule has 0 saturated carbocycles. The molecule has 0 aromatic rings. The summed E-state index contributed by atoms with van der Waals surface area (Å²) in [6.07, 6.45) is 0. The zero-order valence-corrected chi connectivity index (χ0v) is 7.30. The van der Waals surface area contributed by atoms with Gasteiger partial charge in [0.25, 0.3) is 0 Å². The molecule has 0 radical (unpaired) electrons. The molecule has 0 spiro atoms. The van der Waals surface area contributed by atoms with Gasteiger partial charge in [-0.05, 0) is 0 Å². The number of hydrogen-bond donors (Lipinski definition) is 7. The maximum Gasteiger partial charge on any atom is 0.496 e. The highest BCUT2D eigenvalue weighted by atomic mass is 31.2. The van der Waals surface area contributed by atoms with Gasteiger partial charge < -0.3 is 30.6 Å². The van der Waals surface area contributed by atoms with Crippen molar-refractivity contribution in [2.24, 2.45) is 0 Å². The van der Waals surface area contributed by atoms with E-state index in [1.165, 1.54) is 0 Å². The van der Waals surface area contributed by atoms with E-state index >= 15 is 0 Å². The molecule has 10 nitrogen and oxygen atoms in total. The van der Waals surface area contributed by atoms with Crippen LogP contribution in [0.15, 0.2) is 0 Å². The van der Waals surface area contributed by atoms with E-state index in [0.29, 0.717) is 0 Å². The first-order chi connectivity index (χ1) is 4.56. The Labute approximate surface area is 66.4 Å². The Morgan fingerprint density at radius 3 is 1.00 bits per heavy atom. The summed E-state index contributed by atoms with van der Waals surface area (Å²) in [5.41, 5.74) is 0. The van der Waals surface area contributed by atoms with E-state index in [1.54, 1.807) is 0 Å². The van der Waals surface area contributed by atoms with Crippen molar-refractivity contribution < 1.29 is 43.5 Å². The maximum atomic E-state index is 9.22. The van der Waals surface area contributed by atoms with Crippen LogP contribution in [0.1, 0.15) is 0 Å². The highest BCUT2D eigenvalue weighted by molar-refractivity contribution is 7.46. The van der Waals surface area contributed by atoms with Crippen molar-refractivity contribution in [3.63, 3.8) is 0 Å². The molecule has 0 aliphatic carbocycles. The summed E-state index contributed by atoms with van der Waals surface area (Å²) < 4.78 is 20.7. The molecule has 78 valence electrons. The van der Waals surface area contributed by atoms with Gasteiger partial charge in [-0.3, -0.25) is 0 Å². The van der Waals surface area contributed by atoms with Crippen LogP contribution in [0.25, 0.3) is 0 Å². The summed E-state index contributed by atoms with van der Waals surface area (Å²) in [4.78, 5) is 36.5. The highest BCUT2D eigenvalue weighted by Gasteiger charge is 2.10. The molecule has 0 aromatic heterocycles. The van der Waals surface area contributed by atoms with Crippen molar-refractivity contribution in [3.8, 4) is 0 Å². The molecule has 0 aliphatic rings. The van der Waals surface area contributed by atoms with E-state index in [2.05, 4.69) is 4.67 Å². The summed E-state index contributed by atoms with van der Waals surface area (Å²) in [5.74, 6) is 0. The van der Waals surface area contributed by atoms with Gasteiger partial charge in [-0.25, -0.2) is 14.4 Å². The average molecular weight is 229 g/mol. The third-order valence-corrected chi connectivity index (χ3v) is 0.319. The Morgan fingerprint density at radius 1 is 0.917 bits per heavy atom. The van der Waals surface area contributed by atoms with Gasteiger partial charge in [0, 0.05) is 0 Å². The van der Waals surface area contributed by atoms with Gasteiger partial charge >= 0.3 is 15.6 Å². The predicted molar refractivity (Wildman–Crippen MR) is 35.0 cm³/mol. The Hall–Kier alpha value is 0.140. The molecule has 0 amide bonds. The van der Waals surface area contributed by atoms with Gasteiger partial charge in [-0.2, -0.15) is 0 Å². The Morgan fingerprint density at radius 2 is 1.00 bits per heavy atom. The lowest BCUT2D eigenvalue weighted by atomic mass is 14.0. The Bertz CT molecular complexity index is 165. The van der Waals surface area contributed by atoms with Crippen molar-refractivity contribution in [3.05, 3.63) is 0 Å². The fourth-order valence-electron chi connectivity index (χ4n) is 0. The van der Waals surface area contributed by atoms with Crippen molar-refractivity contribution >= 4 is 15.6 Å². The standard InChI is InChI=1S/H3N.H3O5P.H3O4P/c;1-5-6(2,3)4;1-5(2,3)4/h1H3;1H,(H2,2,3,4);(H3,1,2,3,4). The van der Waals surface area contributed by atoms with Gasteiger partial charge in [0.1, 0.15) is 0 Å². The van der Waals surface area contributed by atoms with Gasteiger partial charge in [-0.1, -0.05) is 0 Å². The summed E-state index contributed by atoms with van der Waals surface area (Å²) in [7, 11) is -9.23. The van der Waals surface area contributed by atoms with E-state index < -0.39 is 15.6 Å². The fraction of sp³-hybridized carbons (Fsp3) is 0. The van der Waals surface area contributed by atoms with Crippen molar-refractivity contribution in [2.45, 2.75) is 0 Å². The van der Waals surface area contributed by atoms with E-state index in [4.69, 9.17) is 34.3 Å². The van der Waals surface area contributed by atoms with Crippen molar-refractivity contribution in [1.29, 1.82) is 0 Å². The lowest BCUT2D eigenvalue weighted by Crippen LogP contribution is -1.77. The topological polar surface area (TPSA) is 200 Å². The average Bonchev–Trinajstić information content (AvgIpc) is 1.59. The number of phosphoric acid groups is 2. The smallest absolute Gasteiger partial charge is 0.344 e. The maximum absolute atomic E-state index is 9.22. The molecule has 0 saturated heterocycles. The first kappa shape index (κ1) is 18.0. The molecule has 0 rings (SSSR count). The molecule has 12 heavy (non-hydrogen) atoms. The fourth-order valence-corrected chi connectivity index (χ4v) is 0. The van der Waals surface area contributed by atoms with Gasteiger partial charge in [0.15, 0.2) is 0 Å². The van der Waals surface area contributed by atoms with Gasteiger partial charge in [-0.15, -0.1) is 4.67 Å². The predicted octanol–water partition coefficient (Wildman–Crippen LogP) is -1.20. The van der Waals surface area contributed by atoms with Crippen LogP contribution in [0.2, 0.25) is 0 Å². The molecule has 12 heteroatoms. The normalized spacial score (nSPS) is 10.8. The zero-order valence-electron chi connectivity index (χ0n) is 5.51. The van der Waals surface area contributed by atoms with Gasteiger partial charge in [0.2, 0.25) is 0 Å². The molecular weight excluding hydrogens is 220 g/mol. The molecule has 0 bridgehead atoms. The minimum absolute atomic E-state index is 0. The minimum Gasteiger partial charge on any atom is -0.344 e. The Kier molecular flexibility index (Phi) is 9.97. The van der Waals surface area contributed by atoms with Crippen LogP contribution in [0.5, 0.6) is 0 Å². The lowest BCUT2D eigenvalue weighted by molar-refractivity contribution is -0.158. The Balaban J connectivity index is -0.000000126. The second-order valence-electron chi connectivity index (χ2n) is 1.09. The van der Waals surface area contributed by atoms with Crippen molar-refractivity contribution in [2.75, 3.05) is 0 Å². The first-order valence-electron chi connectivity index (χ1n) is 1.73. The van der Waals surface area contributed by atoms with Crippen LogP contribution < -0.4 is 6.15 Å². The van der Waals surface area contributed by atoms with Crippen molar-refractivity contribution in [1.82, 2.24) is 6.15 Å².